The summed E-state index contributed by atoms with van der Waals surface area (Å²) in [6.45, 7) is 2.14. The van der Waals surface area contributed by atoms with Gasteiger partial charge in [0.25, 0.3) is 0 Å². The average Bonchev–Trinajstić information content (AvgIpc) is 3.50. The molecule has 164 valence electrons. The highest BCUT2D eigenvalue weighted by Gasteiger charge is 2.35. The van der Waals surface area contributed by atoms with Crippen molar-refractivity contribution in [3.05, 3.63) is 102 Å². The standard InChI is InChI=1S/C28H25FN4/c29-24-8-6-21(7-9-24)27-26(20-10-13-30-14-11-20)28(32-31-27)22-12-15-33-18-23(17-25(33)16-22)19-4-2-1-3-5-19/h1-11,13-14,16,23,25H,12,15,17-18H2,(H,31,32). The fourth-order valence-corrected chi connectivity index (χ4v) is 5.31. The number of halogens is 1. The molecule has 0 aliphatic carbocycles. The van der Waals surface area contributed by atoms with Crippen molar-refractivity contribution in [2.75, 3.05) is 13.1 Å². The molecule has 0 spiro atoms. The lowest BCUT2D eigenvalue weighted by Crippen LogP contribution is -2.32. The van der Waals surface area contributed by atoms with Gasteiger partial charge in [-0.1, -0.05) is 36.4 Å². The summed E-state index contributed by atoms with van der Waals surface area (Å²) in [6.07, 6.45) is 8.12. The Labute approximate surface area is 192 Å². The first-order chi connectivity index (χ1) is 16.3. The van der Waals surface area contributed by atoms with E-state index in [0.717, 1.165) is 54.0 Å². The Hall–Kier alpha value is -3.57. The molecule has 0 bridgehead atoms. The topological polar surface area (TPSA) is 44.8 Å². The number of H-pyrrole nitrogens is 1. The van der Waals surface area contributed by atoms with Gasteiger partial charge in [0.1, 0.15) is 5.82 Å². The third-order valence-corrected chi connectivity index (χ3v) is 6.96. The zero-order valence-corrected chi connectivity index (χ0v) is 18.3. The van der Waals surface area contributed by atoms with Gasteiger partial charge in [-0.25, -0.2) is 4.39 Å². The second-order valence-corrected chi connectivity index (χ2v) is 8.91. The maximum absolute atomic E-state index is 13.6. The van der Waals surface area contributed by atoms with Gasteiger partial charge < -0.3 is 0 Å². The number of fused-ring (bicyclic) bond motifs is 1. The minimum atomic E-state index is -0.242. The number of aromatic amines is 1. The molecule has 6 rings (SSSR count). The molecular formula is C28H25FN4. The molecular weight excluding hydrogens is 411 g/mol. The number of rotatable bonds is 4. The maximum atomic E-state index is 13.6. The third-order valence-electron chi connectivity index (χ3n) is 6.96. The van der Waals surface area contributed by atoms with Gasteiger partial charge in [-0.2, -0.15) is 5.10 Å². The molecule has 5 heteroatoms. The zero-order valence-electron chi connectivity index (χ0n) is 18.3. The summed E-state index contributed by atoms with van der Waals surface area (Å²) < 4.78 is 13.6. The maximum Gasteiger partial charge on any atom is 0.123 e. The smallest absolute Gasteiger partial charge is 0.123 e. The minimum absolute atomic E-state index is 0.242. The van der Waals surface area contributed by atoms with Crippen molar-refractivity contribution in [1.82, 2.24) is 20.1 Å². The van der Waals surface area contributed by atoms with Crippen molar-refractivity contribution in [2.45, 2.75) is 24.8 Å². The van der Waals surface area contributed by atoms with E-state index in [1.807, 2.05) is 12.1 Å². The molecule has 1 saturated heterocycles. The summed E-state index contributed by atoms with van der Waals surface area (Å²) in [7, 11) is 0. The van der Waals surface area contributed by atoms with Gasteiger partial charge in [-0.05, 0) is 71.9 Å². The minimum Gasteiger partial charge on any atom is -0.296 e. The Morgan fingerprint density at radius 2 is 1.70 bits per heavy atom. The molecule has 2 aliphatic heterocycles. The van der Waals surface area contributed by atoms with E-state index in [1.54, 1.807) is 24.5 Å². The van der Waals surface area contributed by atoms with E-state index in [2.05, 4.69) is 51.4 Å². The summed E-state index contributed by atoms with van der Waals surface area (Å²) >= 11 is 0. The van der Waals surface area contributed by atoms with Crippen LogP contribution in [0.25, 0.3) is 28.0 Å². The lowest BCUT2D eigenvalue weighted by atomic mass is 9.91. The second-order valence-electron chi connectivity index (χ2n) is 8.91. The van der Waals surface area contributed by atoms with Crippen molar-refractivity contribution in [3.63, 3.8) is 0 Å². The molecule has 0 radical (unpaired) electrons. The summed E-state index contributed by atoms with van der Waals surface area (Å²) in [5, 5.41) is 8.03. The van der Waals surface area contributed by atoms with Crippen molar-refractivity contribution >= 4 is 5.57 Å². The van der Waals surface area contributed by atoms with Gasteiger partial charge in [0.05, 0.1) is 11.4 Å². The molecule has 2 aromatic heterocycles. The van der Waals surface area contributed by atoms with Crippen LogP contribution in [0.5, 0.6) is 0 Å². The number of hydrogen-bond donors (Lipinski definition) is 1. The largest absolute Gasteiger partial charge is 0.296 e. The average molecular weight is 437 g/mol. The highest BCUT2D eigenvalue weighted by molar-refractivity contribution is 5.89. The lowest BCUT2D eigenvalue weighted by molar-refractivity contribution is 0.285. The van der Waals surface area contributed by atoms with E-state index < -0.39 is 0 Å². The van der Waals surface area contributed by atoms with E-state index in [-0.39, 0.29) is 5.82 Å². The van der Waals surface area contributed by atoms with Crippen molar-refractivity contribution < 1.29 is 4.39 Å². The molecule has 2 unspecified atom stereocenters. The SMILES string of the molecule is Fc1ccc(-c2[nH]nc(C3=CC4CC(c5ccccc5)CN4CC3)c2-c2ccncc2)cc1. The Morgan fingerprint density at radius 3 is 2.48 bits per heavy atom. The Kier molecular flexibility index (Phi) is 5.11. The molecule has 4 heterocycles. The molecule has 2 aromatic carbocycles. The normalized spacial score (nSPS) is 20.5. The summed E-state index contributed by atoms with van der Waals surface area (Å²) in [5.74, 6) is 0.327. The quantitative estimate of drug-likeness (QED) is 0.432. The predicted molar refractivity (Wildman–Crippen MR) is 129 cm³/mol. The highest BCUT2D eigenvalue weighted by Crippen LogP contribution is 2.41. The van der Waals surface area contributed by atoms with Crippen LogP contribution in [-0.4, -0.2) is 39.2 Å². The first kappa shape index (κ1) is 20.1. The summed E-state index contributed by atoms with van der Waals surface area (Å²) in [4.78, 5) is 6.79. The van der Waals surface area contributed by atoms with Crippen LogP contribution in [0.15, 0.2) is 85.2 Å². The molecule has 33 heavy (non-hydrogen) atoms. The van der Waals surface area contributed by atoms with E-state index in [1.165, 1.54) is 23.3 Å². The molecule has 4 aromatic rings. The number of pyridine rings is 1. The Balaban J connectivity index is 1.38. The van der Waals surface area contributed by atoms with E-state index in [9.17, 15) is 4.39 Å². The molecule has 0 amide bonds. The van der Waals surface area contributed by atoms with Gasteiger partial charge in [0.2, 0.25) is 0 Å². The van der Waals surface area contributed by atoms with Crippen LogP contribution in [0, 0.1) is 5.82 Å². The van der Waals surface area contributed by atoms with E-state index in [4.69, 9.17) is 5.10 Å². The van der Waals surface area contributed by atoms with Gasteiger partial charge in [0.15, 0.2) is 0 Å². The third kappa shape index (κ3) is 3.79. The van der Waals surface area contributed by atoms with Gasteiger partial charge in [0, 0.05) is 42.7 Å². The van der Waals surface area contributed by atoms with Crippen LogP contribution in [-0.2, 0) is 0 Å². The number of benzene rings is 2. The number of nitrogens with one attached hydrogen (secondary N) is 1. The predicted octanol–water partition coefficient (Wildman–Crippen LogP) is 5.92. The number of hydrogen-bond acceptors (Lipinski definition) is 3. The Morgan fingerprint density at radius 1 is 0.909 bits per heavy atom. The highest BCUT2D eigenvalue weighted by atomic mass is 19.1. The Bertz CT molecular complexity index is 1280. The molecule has 1 N–H and O–H groups in total. The van der Waals surface area contributed by atoms with E-state index >= 15 is 0 Å². The summed E-state index contributed by atoms with van der Waals surface area (Å²) in [5.41, 5.74) is 7.65. The second kappa shape index (κ2) is 8.41. The lowest BCUT2D eigenvalue weighted by Gasteiger charge is -2.28. The molecule has 1 fully saturated rings. The monoisotopic (exact) mass is 436 g/mol. The first-order valence-corrected chi connectivity index (χ1v) is 11.5. The zero-order chi connectivity index (χ0) is 22.2. The van der Waals surface area contributed by atoms with Crippen LogP contribution in [0.3, 0.4) is 0 Å². The number of nitrogens with zero attached hydrogens (tertiary/aromatic N) is 3. The van der Waals surface area contributed by atoms with Crippen LogP contribution >= 0.6 is 0 Å². The van der Waals surface area contributed by atoms with Crippen LogP contribution in [0.4, 0.5) is 4.39 Å². The van der Waals surface area contributed by atoms with Gasteiger partial charge in [-0.3, -0.25) is 15.0 Å². The fourth-order valence-electron chi connectivity index (χ4n) is 5.31. The fraction of sp³-hybridized carbons (Fsp3) is 0.214. The van der Waals surface area contributed by atoms with Crippen LogP contribution in [0.2, 0.25) is 0 Å². The van der Waals surface area contributed by atoms with E-state index in [0.29, 0.717) is 12.0 Å². The molecule has 2 aliphatic rings. The molecule has 4 nitrogen and oxygen atoms in total. The molecule has 0 saturated carbocycles. The summed E-state index contributed by atoms with van der Waals surface area (Å²) in [6, 6.07) is 21.9. The first-order valence-electron chi connectivity index (χ1n) is 11.5. The molecule has 2 atom stereocenters. The number of aromatic nitrogens is 3. The van der Waals surface area contributed by atoms with Crippen molar-refractivity contribution in [3.8, 4) is 22.4 Å². The van der Waals surface area contributed by atoms with Gasteiger partial charge >= 0.3 is 0 Å². The van der Waals surface area contributed by atoms with Gasteiger partial charge in [-0.15, -0.1) is 0 Å². The van der Waals surface area contributed by atoms with Crippen LogP contribution in [0.1, 0.15) is 30.0 Å². The van der Waals surface area contributed by atoms with Crippen LogP contribution < -0.4 is 0 Å². The van der Waals surface area contributed by atoms with Crippen molar-refractivity contribution in [1.29, 1.82) is 0 Å². The van der Waals surface area contributed by atoms with Crippen molar-refractivity contribution in [2.24, 2.45) is 0 Å².